The molecule has 0 N–H and O–H groups in total. The van der Waals surface area contributed by atoms with Crippen molar-refractivity contribution < 1.29 is 4.42 Å². The van der Waals surface area contributed by atoms with Crippen LogP contribution >= 0.6 is 11.6 Å². The lowest BCUT2D eigenvalue weighted by molar-refractivity contribution is 0.620. The summed E-state index contributed by atoms with van der Waals surface area (Å²) in [5.74, 6) is 0.606. The number of aryl methyl sites for hydroxylation is 1. The average Bonchev–Trinajstić information content (AvgIpc) is 2.98. The van der Waals surface area contributed by atoms with Gasteiger partial charge in [0.15, 0.2) is 5.58 Å². The molecule has 2 aromatic heterocycles. The highest BCUT2D eigenvalue weighted by atomic mass is 35.5. The monoisotopic (exact) mass is 320 g/mol. The second-order valence-electron chi connectivity index (χ2n) is 5.43. The van der Waals surface area contributed by atoms with E-state index in [-0.39, 0.29) is 0 Å². The maximum absolute atomic E-state index is 6.05. The highest BCUT2D eigenvalue weighted by Crippen LogP contribution is 2.28. The molecule has 0 aliphatic heterocycles. The maximum Gasteiger partial charge on any atom is 0.227 e. The van der Waals surface area contributed by atoms with Crippen LogP contribution in [0.4, 0.5) is 0 Å². The fraction of sp³-hybridized carbons (Fsp3) is 0.0526. The van der Waals surface area contributed by atoms with Gasteiger partial charge in [0.05, 0.1) is 5.69 Å². The van der Waals surface area contributed by atoms with Crippen molar-refractivity contribution in [2.45, 2.75) is 6.92 Å². The highest BCUT2D eigenvalue weighted by molar-refractivity contribution is 6.30. The van der Waals surface area contributed by atoms with Crippen LogP contribution in [-0.4, -0.2) is 9.97 Å². The second-order valence-corrected chi connectivity index (χ2v) is 5.87. The largest absolute Gasteiger partial charge is 0.436 e. The van der Waals surface area contributed by atoms with Gasteiger partial charge in [0.2, 0.25) is 5.89 Å². The van der Waals surface area contributed by atoms with Crippen LogP contribution in [0, 0.1) is 6.92 Å². The molecular weight excluding hydrogens is 308 g/mol. The Bertz CT molecular complexity index is 1010. The minimum absolute atomic E-state index is 0.606. The van der Waals surface area contributed by atoms with Crippen molar-refractivity contribution in [1.29, 1.82) is 0 Å². The summed E-state index contributed by atoms with van der Waals surface area (Å²) in [6.45, 7) is 2.04. The molecule has 0 bridgehead atoms. The summed E-state index contributed by atoms with van der Waals surface area (Å²) in [7, 11) is 0. The Hall–Kier alpha value is -2.65. The molecule has 0 saturated carbocycles. The van der Waals surface area contributed by atoms with Gasteiger partial charge in [-0.1, -0.05) is 29.8 Å². The molecule has 4 aromatic rings. The zero-order valence-corrected chi connectivity index (χ0v) is 13.2. The van der Waals surface area contributed by atoms with E-state index in [1.165, 1.54) is 0 Å². The third kappa shape index (κ3) is 2.71. The summed E-state index contributed by atoms with van der Waals surface area (Å²) in [5, 5.41) is 0.665. The van der Waals surface area contributed by atoms with Gasteiger partial charge >= 0.3 is 0 Å². The molecule has 0 aliphatic rings. The highest BCUT2D eigenvalue weighted by Gasteiger charge is 2.10. The van der Waals surface area contributed by atoms with E-state index in [9.17, 15) is 0 Å². The summed E-state index contributed by atoms with van der Waals surface area (Å²) >= 11 is 6.05. The topological polar surface area (TPSA) is 38.9 Å². The molecule has 4 heteroatoms. The number of benzene rings is 2. The first-order chi connectivity index (χ1) is 11.2. The summed E-state index contributed by atoms with van der Waals surface area (Å²) < 4.78 is 5.87. The smallest absolute Gasteiger partial charge is 0.227 e. The number of oxazole rings is 1. The molecule has 0 spiro atoms. The van der Waals surface area contributed by atoms with E-state index in [0.717, 1.165) is 33.5 Å². The summed E-state index contributed by atoms with van der Waals surface area (Å²) in [5.41, 5.74) is 5.53. The van der Waals surface area contributed by atoms with Crippen molar-refractivity contribution in [2.24, 2.45) is 0 Å². The van der Waals surface area contributed by atoms with Crippen molar-refractivity contribution >= 4 is 22.7 Å². The maximum atomic E-state index is 6.05. The number of aromatic nitrogens is 2. The predicted octanol–water partition coefficient (Wildman–Crippen LogP) is 5.52. The van der Waals surface area contributed by atoms with E-state index in [1.807, 2.05) is 55.5 Å². The van der Waals surface area contributed by atoms with Crippen LogP contribution < -0.4 is 0 Å². The van der Waals surface area contributed by atoms with Gasteiger partial charge < -0.3 is 4.42 Å². The molecule has 0 aliphatic carbocycles. The van der Waals surface area contributed by atoms with Gasteiger partial charge in [-0.25, -0.2) is 4.98 Å². The first-order valence-corrected chi connectivity index (χ1v) is 7.66. The number of rotatable bonds is 2. The number of halogens is 1. The average molecular weight is 321 g/mol. The SMILES string of the molecule is Cc1ccc2oc(-c3cccc(-c4cc(Cl)ccn4)c3)nc2c1. The van der Waals surface area contributed by atoms with Crippen LogP contribution in [0.5, 0.6) is 0 Å². The molecule has 4 rings (SSSR count). The van der Waals surface area contributed by atoms with Crippen LogP contribution in [0.2, 0.25) is 5.02 Å². The zero-order chi connectivity index (χ0) is 15.8. The van der Waals surface area contributed by atoms with Crippen molar-refractivity contribution in [3.8, 4) is 22.7 Å². The Labute approximate surface area is 138 Å². The van der Waals surface area contributed by atoms with Crippen molar-refractivity contribution in [1.82, 2.24) is 9.97 Å². The van der Waals surface area contributed by atoms with Crippen molar-refractivity contribution in [2.75, 3.05) is 0 Å². The molecule has 23 heavy (non-hydrogen) atoms. The van der Waals surface area contributed by atoms with Crippen LogP contribution in [0.3, 0.4) is 0 Å². The second kappa shape index (κ2) is 5.52. The molecule has 0 saturated heterocycles. The zero-order valence-electron chi connectivity index (χ0n) is 12.5. The fourth-order valence-corrected chi connectivity index (χ4v) is 2.69. The number of hydrogen-bond donors (Lipinski definition) is 0. The van der Waals surface area contributed by atoms with Gasteiger partial charge in [-0.05, 0) is 48.9 Å². The van der Waals surface area contributed by atoms with Crippen LogP contribution in [0.25, 0.3) is 33.8 Å². The number of hydrogen-bond acceptors (Lipinski definition) is 3. The van der Waals surface area contributed by atoms with E-state index in [1.54, 1.807) is 12.3 Å². The molecule has 0 unspecified atom stereocenters. The Morgan fingerprint density at radius 3 is 2.70 bits per heavy atom. The molecule has 2 aromatic carbocycles. The Kier molecular flexibility index (Phi) is 3.36. The molecule has 0 fully saturated rings. The van der Waals surface area contributed by atoms with E-state index in [0.29, 0.717) is 10.9 Å². The Morgan fingerprint density at radius 1 is 0.957 bits per heavy atom. The molecule has 3 nitrogen and oxygen atoms in total. The van der Waals surface area contributed by atoms with E-state index in [2.05, 4.69) is 9.97 Å². The summed E-state index contributed by atoms with van der Waals surface area (Å²) in [6.07, 6.45) is 1.70. The first-order valence-electron chi connectivity index (χ1n) is 7.29. The third-order valence-electron chi connectivity index (χ3n) is 3.67. The minimum Gasteiger partial charge on any atom is -0.436 e. The van der Waals surface area contributed by atoms with Gasteiger partial charge in [-0.3, -0.25) is 4.98 Å². The van der Waals surface area contributed by atoms with Crippen LogP contribution in [0.15, 0.2) is 65.2 Å². The fourth-order valence-electron chi connectivity index (χ4n) is 2.54. The standard InChI is InChI=1S/C19H13ClN2O/c1-12-5-6-18-17(9-12)22-19(23-18)14-4-2-3-13(10-14)16-11-15(20)7-8-21-16/h2-11H,1H3. The molecule has 0 atom stereocenters. The summed E-state index contributed by atoms with van der Waals surface area (Å²) in [6, 6.07) is 17.5. The minimum atomic E-state index is 0.606. The molecule has 2 heterocycles. The molecular formula is C19H13ClN2O. The normalized spacial score (nSPS) is 11.0. The van der Waals surface area contributed by atoms with Crippen LogP contribution in [0.1, 0.15) is 5.56 Å². The van der Waals surface area contributed by atoms with Gasteiger partial charge in [0, 0.05) is 22.3 Å². The van der Waals surface area contributed by atoms with E-state index in [4.69, 9.17) is 16.0 Å². The number of pyridine rings is 1. The number of fused-ring (bicyclic) bond motifs is 1. The van der Waals surface area contributed by atoms with Crippen molar-refractivity contribution in [3.05, 3.63) is 71.4 Å². The van der Waals surface area contributed by atoms with Crippen molar-refractivity contribution in [3.63, 3.8) is 0 Å². The molecule has 0 radical (unpaired) electrons. The lowest BCUT2D eigenvalue weighted by Crippen LogP contribution is -1.84. The van der Waals surface area contributed by atoms with Gasteiger partial charge in [0.25, 0.3) is 0 Å². The quantitative estimate of drug-likeness (QED) is 0.488. The Balaban J connectivity index is 1.80. The lowest BCUT2D eigenvalue weighted by atomic mass is 10.1. The third-order valence-corrected chi connectivity index (χ3v) is 3.91. The number of nitrogens with zero attached hydrogens (tertiary/aromatic N) is 2. The van der Waals surface area contributed by atoms with Gasteiger partial charge in [-0.2, -0.15) is 0 Å². The van der Waals surface area contributed by atoms with Crippen LogP contribution in [-0.2, 0) is 0 Å². The predicted molar refractivity (Wildman–Crippen MR) is 92.4 cm³/mol. The van der Waals surface area contributed by atoms with Gasteiger partial charge in [-0.15, -0.1) is 0 Å². The van der Waals surface area contributed by atoms with Gasteiger partial charge in [0.1, 0.15) is 5.52 Å². The molecule has 112 valence electrons. The Morgan fingerprint density at radius 2 is 1.83 bits per heavy atom. The van der Waals surface area contributed by atoms with E-state index < -0.39 is 0 Å². The van der Waals surface area contributed by atoms with E-state index >= 15 is 0 Å². The molecule has 0 amide bonds. The first kappa shape index (κ1) is 14.0. The summed E-state index contributed by atoms with van der Waals surface area (Å²) in [4.78, 5) is 8.95. The lowest BCUT2D eigenvalue weighted by Gasteiger charge is -2.03.